The fourth-order valence-electron chi connectivity index (χ4n) is 1.33. The van der Waals surface area contributed by atoms with Crippen LogP contribution in [0.5, 0.6) is 0 Å². The largest absolute Gasteiger partial charge is 0.337 e. The maximum Gasteiger partial charge on any atom is 0.242 e. The Hall–Kier alpha value is -1.44. The third-order valence-corrected chi connectivity index (χ3v) is 3.96. The van der Waals surface area contributed by atoms with Gasteiger partial charge in [-0.15, -0.1) is 0 Å². The Morgan fingerprint density at radius 1 is 1.39 bits per heavy atom. The van der Waals surface area contributed by atoms with Crippen molar-refractivity contribution in [2.75, 3.05) is 0 Å². The van der Waals surface area contributed by atoms with Crippen LogP contribution in [0.1, 0.15) is 5.82 Å². The number of aromatic nitrogens is 3. The molecule has 0 aliphatic carbocycles. The SMILES string of the molecule is Cn1ccnc1CNS(=O)(=O)c1ccc(Cl)nc1. The van der Waals surface area contributed by atoms with E-state index in [0.29, 0.717) is 5.82 Å². The molecule has 2 rings (SSSR count). The van der Waals surface area contributed by atoms with Gasteiger partial charge in [0, 0.05) is 25.6 Å². The lowest BCUT2D eigenvalue weighted by molar-refractivity contribution is 0.577. The number of halogens is 1. The Bertz CT molecular complexity index is 636. The first kappa shape index (κ1) is 13.0. The van der Waals surface area contributed by atoms with Gasteiger partial charge in [0.25, 0.3) is 0 Å². The predicted molar refractivity (Wildman–Crippen MR) is 66.5 cm³/mol. The van der Waals surface area contributed by atoms with Crippen molar-refractivity contribution in [3.63, 3.8) is 0 Å². The molecule has 8 heteroatoms. The number of imidazole rings is 1. The quantitative estimate of drug-likeness (QED) is 0.849. The molecule has 18 heavy (non-hydrogen) atoms. The lowest BCUT2D eigenvalue weighted by atomic mass is 10.5. The van der Waals surface area contributed by atoms with Crippen LogP contribution in [-0.2, 0) is 23.6 Å². The van der Waals surface area contributed by atoms with Crippen LogP contribution in [0.3, 0.4) is 0 Å². The normalized spacial score (nSPS) is 11.7. The highest BCUT2D eigenvalue weighted by Gasteiger charge is 2.14. The van der Waals surface area contributed by atoms with Crippen molar-refractivity contribution in [1.29, 1.82) is 0 Å². The number of aryl methyl sites for hydroxylation is 1. The van der Waals surface area contributed by atoms with Gasteiger partial charge in [0.1, 0.15) is 15.9 Å². The molecule has 0 aromatic carbocycles. The highest BCUT2D eigenvalue weighted by atomic mass is 35.5. The minimum atomic E-state index is -3.59. The topological polar surface area (TPSA) is 76.9 Å². The number of nitrogens with zero attached hydrogens (tertiary/aromatic N) is 3. The van der Waals surface area contributed by atoms with E-state index in [4.69, 9.17) is 11.6 Å². The van der Waals surface area contributed by atoms with Crippen LogP contribution in [0.25, 0.3) is 0 Å². The number of hydrogen-bond donors (Lipinski definition) is 1. The number of nitrogens with one attached hydrogen (secondary N) is 1. The third-order valence-electron chi connectivity index (χ3n) is 2.35. The van der Waals surface area contributed by atoms with Crippen LogP contribution in [0.4, 0.5) is 0 Å². The van der Waals surface area contributed by atoms with Crippen molar-refractivity contribution in [1.82, 2.24) is 19.3 Å². The second-order valence-electron chi connectivity index (χ2n) is 3.60. The molecule has 0 saturated carbocycles. The third kappa shape index (κ3) is 2.87. The number of hydrogen-bond acceptors (Lipinski definition) is 4. The molecule has 0 atom stereocenters. The summed E-state index contributed by atoms with van der Waals surface area (Å²) in [4.78, 5) is 7.83. The molecule has 2 heterocycles. The van der Waals surface area contributed by atoms with Crippen molar-refractivity contribution in [3.05, 3.63) is 41.7 Å². The van der Waals surface area contributed by atoms with Gasteiger partial charge >= 0.3 is 0 Å². The first-order chi connectivity index (χ1) is 8.49. The molecule has 2 aromatic rings. The molecule has 2 aromatic heterocycles. The van der Waals surface area contributed by atoms with Crippen molar-refractivity contribution < 1.29 is 8.42 Å². The van der Waals surface area contributed by atoms with Gasteiger partial charge in [0.15, 0.2) is 0 Å². The molecule has 0 saturated heterocycles. The Balaban J connectivity index is 2.13. The van der Waals surface area contributed by atoms with Crippen molar-refractivity contribution in [3.8, 4) is 0 Å². The van der Waals surface area contributed by atoms with E-state index < -0.39 is 10.0 Å². The molecule has 1 N–H and O–H groups in total. The van der Waals surface area contributed by atoms with Gasteiger partial charge in [0.05, 0.1) is 6.54 Å². The van der Waals surface area contributed by atoms with Crippen LogP contribution in [0, 0.1) is 0 Å². The van der Waals surface area contributed by atoms with Gasteiger partial charge in [-0.25, -0.2) is 23.1 Å². The van der Waals surface area contributed by atoms with Gasteiger partial charge in [-0.1, -0.05) is 11.6 Å². The summed E-state index contributed by atoms with van der Waals surface area (Å²) in [5.74, 6) is 0.625. The van der Waals surface area contributed by atoms with E-state index in [1.807, 2.05) is 0 Å². The van der Waals surface area contributed by atoms with E-state index in [-0.39, 0.29) is 16.6 Å². The van der Waals surface area contributed by atoms with Gasteiger partial charge in [0.2, 0.25) is 10.0 Å². The molecule has 0 aliphatic rings. The monoisotopic (exact) mass is 286 g/mol. The van der Waals surface area contributed by atoms with Gasteiger partial charge in [-0.3, -0.25) is 0 Å². The number of pyridine rings is 1. The lowest BCUT2D eigenvalue weighted by Gasteiger charge is -2.06. The van der Waals surface area contributed by atoms with E-state index in [1.165, 1.54) is 18.3 Å². The van der Waals surface area contributed by atoms with Crippen molar-refractivity contribution in [2.45, 2.75) is 11.4 Å². The zero-order valence-corrected chi connectivity index (χ0v) is 11.1. The van der Waals surface area contributed by atoms with E-state index in [1.54, 1.807) is 24.0 Å². The molecule has 6 nitrogen and oxygen atoms in total. The van der Waals surface area contributed by atoms with E-state index in [2.05, 4.69) is 14.7 Å². The molecule has 0 spiro atoms. The zero-order valence-electron chi connectivity index (χ0n) is 9.54. The van der Waals surface area contributed by atoms with Crippen LogP contribution >= 0.6 is 11.6 Å². The second kappa shape index (κ2) is 5.05. The minimum Gasteiger partial charge on any atom is -0.337 e. The summed E-state index contributed by atoms with van der Waals surface area (Å²) < 4.78 is 28.0. The summed E-state index contributed by atoms with van der Waals surface area (Å²) in [5.41, 5.74) is 0. The minimum absolute atomic E-state index is 0.0705. The number of sulfonamides is 1. The Morgan fingerprint density at radius 2 is 2.17 bits per heavy atom. The predicted octanol–water partition coefficient (Wildman–Crippen LogP) is 0.947. The lowest BCUT2D eigenvalue weighted by Crippen LogP contribution is -2.24. The summed E-state index contributed by atoms with van der Waals surface area (Å²) in [7, 11) is -1.80. The Morgan fingerprint density at radius 3 is 2.72 bits per heavy atom. The Kier molecular flexibility index (Phi) is 3.65. The summed E-state index contributed by atoms with van der Waals surface area (Å²) in [6, 6.07) is 2.83. The molecule has 96 valence electrons. The summed E-state index contributed by atoms with van der Waals surface area (Å²) in [5, 5.41) is 0.248. The van der Waals surface area contributed by atoms with E-state index in [9.17, 15) is 8.42 Å². The highest BCUT2D eigenvalue weighted by Crippen LogP contribution is 2.10. The maximum absolute atomic E-state index is 11.9. The molecule has 0 unspecified atom stereocenters. The standard InChI is InChI=1S/C10H11ClN4O2S/c1-15-5-4-12-10(15)7-14-18(16,17)8-2-3-9(11)13-6-8/h2-6,14H,7H2,1H3. The van der Waals surface area contributed by atoms with Gasteiger partial charge < -0.3 is 4.57 Å². The molecule has 0 radical (unpaired) electrons. The van der Waals surface area contributed by atoms with Crippen molar-refractivity contribution in [2.24, 2.45) is 7.05 Å². The first-order valence-corrected chi connectivity index (χ1v) is 6.92. The molecule has 0 fully saturated rings. The van der Waals surface area contributed by atoms with Gasteiger partial charge in [-0.05, 0) is 12.1 Å². The van der Waals surface area contributed by atoms with Crippen LogP contribution in [-0.4, -0.2) is 23.0 Å². The summed E-state index contributed by atoms with van der Waals surface area (Å²) in [6.07, 6.45) is 4.56. The zero-order chi connectivity index (χ0) is 13.2. The smallest absolute Gasteiger partial charge is 0.242 e. The molecule has 0 amide bonds. The van der Waals surface area contributed by atoms with Crippen LogP contribution in [0.15, 0.2) is 35.6 Å². The molecular weight excluding hydrogens is 276 g/mol. The van der Waals surface area contributed by atoms with Crippen molar-refractivity contribution >= 4 is 21.6 Å². The van der Waals surface area contributed by atoms with Crippen LogP contribution in [0.2, 0.25) is 5.15 Å². The number of rotatable bonds is 4. The van der Waals surface area contributed by atoms with E-state index in [0.717, 1.165) is 0 Å². The second-order valence-corrected chi connectivity index (χ2v) is 5.75. The highest BCUT2D eigenvalue weighted by molar-refractivity contribution is 7.89. The Labute approximate surface area is 110 Å². The molecular formula is C10H11ClN4O2S. The van der Waals surface area contributed by atoms with Gasteiger partial charge in [-0.2, -0.15) is 0 Å². The summed E-state index contributed by atoms with van der Waals surface area (Å²) >= 11 is 5.60. The fraction of sp³-hybridized carbons (Fsp3) is 0.200. The molecule has 0 aliphatic heterocycles. The first-order valence-electron chi connectivity index (χ1n) is 5.06. The summed E-state index contributed by atoms with van der Waals surface area (Å²) in [6.45, 7) is 0.120. The fourth-order valence-corrected chi connectivity index (χ4v) is 2.37. The average molecular weight is 287 g/mol. The van der Waals surface area contributed by atoms with Crippen LogP contribution < -0.4 is 4.72 Å². The average Bonchev–Trinajstić information content (AvgIpc) is 2.73. The molecule has 0 bridgehead atoms. The van der Waals surface area contributed by atoms with E-state index >= 15 is 0 Å². The maximum atomic E-state index is 11.9.